The Bertz CT molecular complexity index is 1260. The number of halogens is 1. The minimum atomic E-state index is -0.891. The van der Waals surface area contributed by atoms with Crippen LogP contribution in [0.5, 0.6) is 5.75 Å². The van der Waals surface area contributed by atoms with E-state index in [4.69, 9.17) is 20.0 Å². The van der Waals surface area contributed by atoms with Gasteiger partial charge in [-0.25, -0.2) is 0 Å². The largest absolute Gasteiger partial charge is 0.489 e. The zero-order valence-electron chi connectivity index (χ0n) is 17.0. The zero-order chi connectivity index (χ0) is 22.0. The number of rotatable bonds is 7. The highest BCUT2D eigenvalue weighted by Crippen LogP contribution is 2.38. The van der Waals surface area contributed by atoms with E-state index >= 15 is 0 Å². The molecule has 0 aliphatic carbocycles. The van der Waals surface area contributed by atoms with Crippen LogP contribution in [0.4, 0.5) is 0 Å². The van der Waals surface area contributed by atoms with Gasteiger partial charge in [0.05, 0.1) is 10.9 Å². The first-order chi connectivity index (χ1) is 15.0. The van der Waals surface area contributed by atoms with Crippen molar-refractivity contribution in [2.24, 2.45) is 5.73 Å². The van der Waals surface area contributed by atoms with Crippen LogP contribution in [0.2, 0.25) is 0 Å². The fourth-order valence-electron chi connectivity index (χ4n) is 3.63. The van der Waals surface area contributed by atoms with Crippen LogP contribution in [0.25, 0.3) is 22.1 Å². The third-order valence-corrected chi connectivity index (χ3v) is 6.12. The van der Waals surface area contributed by atoms with E-state index in [1.807, 2.05) is 49.4 Å². The quantitative estimate of drug-likeness (QED) is 0.347. The number of aliphatic carboxylic acids is 1. The molecule has 3 N–H and O–H groups in total. The van der Waals surface area contributed by atoms with Crippen LogP contribution < -0.4 is 10.5 Å². The second-order valence-electron chi connectivity index (χ2n) is 7.36. The molecule has 4 aromatic rings. The van der Waals surface area contributed by atoms with Gasteiger partial charge in [-0.05, 0) is 63.8 Å². The molecular weight excluding hydrogens is 458 g/mol. The van der Waals surface area contributed by atoms with Crippen LogP contribution >= 0.6 is 15.9 Å². The molecule has 3 aromatic carbocycles. The van der Waals surface area contributed by atoms with Gasteiger partial charge in [0.25, 0.3) is 0 Å². The van der Waals surface area contributed by atoms with Crippen molar-refractivity contribution < 1.29 is 19.1 Å². The number of furan rings is 1. The summed E-state index contributed by atoms with van der Waals surface area (Å²) in [6.45, 7) is 2.68. The predicted octanol–water partition coefficient (Wildman–Crippen LogP) is 5.84. The Hall–Kier alpha value is -3.09. The summed E-state index contributed by atoms with van der Waals surface area (Å²) in [4.78, 5) is 11.2. The van der Waals surface area contributed by atoms with Crippen molar-refractivity contribution in [3.8, 4) is 16.9 Å². The highest BCUT2D eigenvalue weighted by molar-refractivity contribution is 9.10. The molecule has 0 amide bonds. The monoisotopic (exact) mass is 479 g/mol. The Kier molecular flexibility index (Phi) is 6.11. The van der Waals surface area contributed by atoms with Gasteiger partial charge in [0, 0.05) is 23.1 Å². The van der Waals surface area contributed by atoms with Crippen molar-refractivity contribution in [3.05, 3.63) is 87.6 Å². The first-order valence-electron chi connectivity index (χ1n) is 9.89. The first-order valence-corrected chi connectivity index (χ1v) is 10.7. The number of hydrogen-bond donors (Lipinski definition) is 2. The molecule has 1 heterocycles. The molecule has 158 valence electrons. The average molecular weight is 480 g/mol. The van der Waals surface area contributed by atoms with Crippen molar-refractivity contribution in [3.63, 3.8) is 0 Å². The molecule has 0 saturated carbocycles. The number of carboxylic acids is 1. The normalized spacial score (nSPS) is 11.1. The van der Waals surface area contributed by atoms with Gasteiger partial charge in [0.1, 0.15) is 23.7 Å². The van der Waals surface area contributed by atoms with Gasteiger partial charge in [-0.3, -0.25) is 4.79 Å². The van der Waals surface area contributed by atoms with Crippen LogP contribution in [0, 0.1) is 6.92 Å². The van der Waals surface area contributed by atoms with Crippen LogP contribution in [-0.2, 0) is 24.4 Å². The Balaban J connectivity index is 1.74. The number of hydrogen-bond acceptors (Lipinski definition) is 4. The summed E-state index contributed by atoms with van der Waals surface area (Å²) in [5, 5.41) is 10.1. The number of carboxylic acid groups (broad SMARTS) is 1. The second-order valence-corrected chi connectivity index (χ2v) is 8.16. The molecule has 0 unspecified atom stereocenters. The maximum atomic E-state index is 11.2. The minimum absolute atomic E-state index is 0.0845. The summed E-state index contributed by atoms with van der Waals surface area (Å²) >= 11 is 3.63. The van der Waals surface area contributed by atoms with Crippen LogP contribution in [0.1, 0.15) is 22.5 Å². The van der Waals surface area contributed by atoms with Gasteiger partial charge in [-0.15, -0.1) is 0 Å². The maximum absolute atomic E-state index is 11.2. The average Bonchev–Trinajstić information content (AvgIpc) is 3.06. The molecule has 0 radical (unpaired) electrons. The van der Waals surface area contributed by atoms with E-state index in [9.17, 15) is 4.79 Å². The summed E-state index contributed by atoms with van der Waals surface area (Å²) in [6, 6.07) is 19.4. The summed E-state index contributed by atoms with van der Waals surface area (Å²) in [5.41, 5.74) is 11.2. The molecule has 0 bridgehead atoms. The molecule has 6 heteroatoms. The molecule has 0 saturated heterocycles. The number of ether oxygens (including phenoxy) is 1. The lowest BCUT2D eigenvalue weighted by molar-refractivity contribution is -0.136. The zero-order valence-corrected chi connectivity index (χ0v) is 18.6. The van der Waals surface area contributed by atoms with Gasteiger partial charge in [-0.2, -0.15) is 0 Å². The lowest BCUT2D eigenvalue weighted by Gasteiger charge is -2.12. The van der Waals surface area contributed by atoms with E-state index in [-0.39, 0.29) is 6.42 Å². The third-order valence-electron chi connectivity index (χ3n) is 5.13. The van der Waals surface area contributed by atoms with Gasteiger partial charge < -0.3 is 20.0 Å². The van der Waals surface area contributed by atoms with E-state index in [1.54, 1.807) is 12.1 Å². The molecule has 0 aliphatic heterocycles. The number of fused-ring (bicyclic) bond motifs is 1. The van der Waals surface area contributed by atoms with E-state index in [0.717, 1.165) is 43.5 Å². The number of benzene rings is 3. The number of aryl methyl sites for hydroxylation is 1. The van der Waals surface area contributed by atoms with E-state index in [0.29, 0.717) is 24.5 Å². The van der Waals surface area contributed by atoms with Crippen LogP contribution in [0.15, 0.2) is 69.6 Å². The lowest BCUT2D eigenvalue weighted by Crippen LogP contribution is -2.04. The third kappa shape index (κ3) is 4.50. The van der Waals surface area contributed by atoms with Crippen molar-refractivity contribution in [1.29, 1.82) is 0 Å². The van der Waals surface area contributed by atoms with E-state index < -0.39 is 5.97 Å². The van der Waals surface area contributed by atoms with Crippen molar-refractivity contribution in [2.75, 3.05) is 0 Å². The topological polar surface area (TPSA) is 85.7 Å². The standard InChI is InChI=1S/C25H22BrNO4/c1-15-24(26)21-11-17(14-30-22-8-3-2-6-19(22)12-23(28)29)10-20(25(21)31-15)18-7-4-5-16(9-18)13-27/h2-11H,12-14,27H2,1H3,(H,28,29). The van der Waals surface area contributed by atoms with Gasteiger partial charge in [0.2, 0.25) is 0 Å². The Morgan fingerprint density at radius 2 is 1.90 bits per heavy atom. The van der Waals surface area contributed by atoms with Gasteiger partial charge in [0.15, 0.2) is 0 Å². The fourth-order valence-corrected chi connectivity index (χ4v) is 4.00. The van der Waals surface area contributed by atoms with Crippen LogP contribution in [-0.4, -0.2) is 11.1 Å². The molecule has 0 fully saturated rings. The van der Waals surface area contributed by atoms with Crippen molar-refractivity contribution in [2.45, 2.75) is 26.5 Å². The second kappa shape index (κ2) is 8.96. The number of carbonyl (C=O) groups is 1. The Morgan fingerprint density at radius 1 is 1.10 bits per heavy atom. The Morgan fingerprint density at radius 3 is 2.68 bits per heavy atom. The number of para-hydroxylation sites is 1. The maximum Gasteiger partial charge on any atom is 0.307 e. The van der Waals surface area contributed by atoms with Gasteiger partial charge in [-0.1, -0.05) is 36.4 Å². The first kappa shape index (κ1) is 21.2. The van der Waals surface area contributed by atoms with E-state index in [1.165, 1.54) is 0 Å². The van der Waals surface area contributed by atoms with Gasteiger partial charge >= 0.3 is 5.97 Å². The summed E-state index contributed by atoms with van der Waals surface area (Å²) in [5.74, 6) is 0.479. The molecule has 0 aliphatic rings. The highest BCUT2D eigenvalue weighted by Gasteiger charge is 2.16. The fraction of sp³-hybridized carbons (Fsp3) is 0.160. The summed E-state index contributed by atoms with van der Waals surface area (Å²) in [6.07, 6.45) is -0.0845. The summed E-state index contributed by atoms with van der Waals surface area (Å²) < 4.78 is 13.0. The Labute approximate surface area is 188 Å². The molecule has 31 heavy (non-hydrogen) atoms. The summed E-state index contributed by atoms with van der Waals surface area (Å²) in [7, 11) is 0. The predicted molar refractivity (Wildman–Crippen MR) is 124 cm³/mol. The number of nitrogens with two attached hydrogens (primary N) is 1. The lowest BCUT2D eigenvalue weighted by atomic mass is 9.99. The molecule has 0 spiro atoms. The van der Waals surface area contributed by atoms with Crippen molar-refractivity contribution in [1.82, 2.24) is 0 Å². The molecule has 0 atom stereocenters. The minimum Gasteiger partial charge on any atom is -0.489 e. The molecule has 5 nitrogen and oxygen atoms in total. The van der Waals surface area contributed by atoms with E-state index in [2.05, 4.69) is 22.0 Å². The molecule has 1 aromatic heterocycles. The molecule has 4 rings (SSSR count). The SMILES string of the molecule is Cc1oc2c(-c3cccc(CN)c3)cc(COc3ccccc3CC(=O)O)cc2c1Br. The molecular formula is C25H22BrNO4. The smallest absolute Gasteiger partial charge is 0.307 e. The van der Waals surface area contributed by atoms with Crippen molar-refractivity contribution >= 4 is 32.9 Å². The highest BCUT2D eigenvalue weighted by atomic mass is 79.9. The van der Waals surface area contributed by atoms with Crippen LogP contribution in [0.3, 0.4) is 0 Å².